The van der Waals surface area contributed by atoms with E-state index in [1.165, 1.54) is 28.5 Å². The van der Waals surface area contributed by atoms with Crippen LogP contribution in [0.5, 0.6) is 0 Å². The lowest BCUT2D eigenvalue weighted by molar-refractivity contribution is -0.110. The highest BCUT2D eigenvalue weighted by Gasteiger charge is 2.13. The molecule has 0 spiro atoms. The summed E-state index contributed by atoms with van der Waals surface area (Å²) in [5.41, 5.74) is 3.95. The predicted octanol–water partition coefficient (Wildman–Crippen LogP) is 5.38. The zero-order valence-corrected chi connectivity index (χ0v) is 14.5. The number of hydrogen-bond acceptors (Lipinski definition) is 2. The first-order valence-electron chi connectivity index (χ1n) is 7.74. The van der Waals surface area contributed by atoms with Crippen molar-refractivity contribution >= 4 is 16.9 Å². The van der Waals surface area contributed by atoms with Gasteiger partial charge in [0.05, 0.1) is 0 Å². The molecule has 0 unspecified atom stereocenters. The van der Waals surface area contributed by atoms with Crippen molar-refractivity contribution in [3.05, 3.63) is 71.3 Å². The molecule has 2 aromatic carbocycles. The van der Waals surface area contributed by atoms with Gasteiger partial charge < -0.3 is 0 Å². The highest BCUT2D eigenvalue weighted by molar-refractivity contribution is 8.12. The van der Waals surface area contributed by atoms with E-state index < -0.39 is 0 Å². The Kier molecular flexibility index (Phi) is 5.84. The zero-order valence-electron chi connectivity index (χ0n) is 13.6. The Labute approximate surface area is 138 Å². The second-order valence-corrected chi connectivity index (χ2v) is 7.63. The van der Waals surface area contributed by atoms with Crippen LogP contribution in [0.4, 0.5) is 0 Å². The summed E-state index contributed by atoms with van der Waals surface area (Å²) >= 11 is 1.42. The fourth-order valence-electron chi connectivity index (χ4n) is 2.23. The molecule has 116 valence electrons. The predicted molar refractivity (Wildman–Crippen MR) is 96.2 cm³/mol. The average molecular weight is 312 g/mol. The van der Waals surface area contributed by atoms with Crippen LogP contribution >= 0.6 is 11.8 Å². The van der Waals surface area contributed by atoms with Crippen molar-refractivity contribution in [3.63, 3.8) is 0 Å². The number of hydrogen-bond donors (Lipinski definition) is 0. The van der Waals surface area contributed by atoms with E-state index >= 15 is 0 Å². The van der Waals surface area contributed by atoms with Crippen LogP contribution < -0.4 is 0 Å². The summed E-state index contributed by atoms with van der Waals surface area (Å²) in [5, 5.41) is 0.267. The molecule has 0 saturated heterocycles. The number of carbonyl (C=O) groups excluding carboxylic acids is 1. The van der Waals surface area contributed by atoms with Crippen molar-refractivity contribution < 1.29 is 4.79 Å². The van der Waals surface area contributed by atoms with Crippen LogP contribution in [0, 0.1) is 0 Å². The van der Waals surface area contributed by atoms with E-state index in [4.69, 9.17) is 0 Å². The summed E-state index contributed by atoms with van der Waals surface area (Å²) in [5.74, 6) is 0.762. The van der Waals surface area contributed by atoms with E-state index in [9.17, 15) is 4.79 Å². The first-order valence-corrected chi connectivity index (χ1v) is 8.73. The minimum absolute atomic E-state index is 0.178. The van der Waals surface area contributed by atoms with Crippen molar-refractivity contribution in [3.8, 4) is 0 Å². The van der Waals surface area contributed by atoms with Crippen molar-refractivity contribution in [1.82, 2.24) is 0 Å². The first-order chi connectivity index (χ1) is 10.4. The molecule has 22 heavy (non-hydrogen) atoms. The van der Waals surface area contributed by atoms with Crippen LogP contribution in [0.2, 0.25) is 0 Å². The molecule has 1 nitrogen and oxygen atoms in total. The molecule has 0 amide bonds. The molecule has 0 radical (unpaired) electrons. The van der Waals surface area contributed by atoms with Gasteiger partial charge in [0.1, 0.15) is 0 Å². The maximum Gasteiger partial charge on any atom is 0.189 e. The summed E-state index contributed by atoms with van der Waals surface area (Å²) in [4.78, 5) is 12.0. The Morgan fingerprint density at radius 1 is 0.909 bits per heavy atom. The smallest absolute Gasteiger partial charge is 0.189 e. The topological polar surface area (TPSA) is 17.1 Å². The van der Waals surface area contributed by atoms with Gasteiger partial charge in [-0.3, -0.25) is 4.79 Å². The molecule has 0 N–H and O–H groups in total. The van der Waals surface area contributed by atoms with Gasteiger partial charge in [0.25, 0.3) is 0 Å². The Morgan fingerprint density at radius 2 is 1.55 bits per heavy atom. The third kappa shape index (κ3) is 5.34. The third-order valence-corrected chi connectivity index (χ3v) is 4.68. The number of thioether (sulfide) groups is 1. The van der Waals surface area contributed by atoms with Gasteiger partial charge in [0, 0.05) is 12.2 Å². The molecule has 0 aliphatic rings. The van der Waals surface area contributed by atoms with Crippen molar-refractivity contribution in [2.24, 2.45) is 0 Å². The molecule has 0 fully saturated rings. The van der Waals surface area contributed by atoms with Crippen LogP contribution in [0.15, 0.2) is 54.6 Å². The Hall–Kier alpha value is -1.54. The quantitative estimate of drug-likeness (QED) is 0.737. The maximum atomic E-state index is 12.0. The molecular weight excluding hydrogens is 288 g/mol. The van der Waals surface area contributed by atoms with E-state index in [2.05, 4.69) is 57.2 Å². The molecule has 2 aromatic rings. The molecule has 0 aliphatic heterocycles. The second-order valence-electron chi connectivity index (χ2n) is 6.59. The fraction of sp³-hybridized carbons (Fsp3) is 0.350. The highest BCUT2D eigenvalue weighted by atomic mass is 32.2. The van der Waals surface area contributed by atoms with Crippen LogP contribution in [-0.4, -0.2) is 5.12 Å². The normalized spacial score (nSPS) is 11.4. The number of carbonyl (C=O) groups is 1. The Balaban J connectivity index is 1.79. The number of benzene rings is 2. The van der Waals surface area contributed by atoms with Crippen molar-refractivity contribution in [2.75, 3.05) is 0 Å². The molecular formula is C20H24OS. The fourth-order valence-corrected chi connectivity index (χ4v) is 2.99. The first kappa shape index (κ1) is 16.8. The van der Waals surface area contributed by atoms with Crippen LogP contribution in [0.3, 0.4) is 0 Å². The molecule has 0 saturated carbocycles. The van der Waals surface area contributed by atoms with Gasteiger partial charge in [0.2, 0.25) is 0 Å². The SMILES string of the molecule is CC(C)(C)c1ccc(CSC(=O)CCc2ccccc2)cc1. The van der Waals surface area contributed by atoms with E-state index in [0.29, 0.717) is 6.42 Å². The summed E-state index contributed by atoms with van der Waals surface area (Å²) in [6.45, 7) is 6.64. The average Bonchev–Trinajstić information content (AvgIpc) is 2.51. The molecule has 0 aromatic heterocycles. The van der Waals surface area contributed by atoms with E-state index in [-0.39, 0.29) is 10.5 Å². The number of rotatable bonds is 5. The lowest BCUT2D eigenvalue weighted by Gasteiger charge is -2.19. The van der Waals surface area contributed by atoms with Crippen LogP contribution in [0.1, 0.15) is 43.9 Å². The summed E-state index contributed by atoms with van der Waals surface area (Å²) in [7, 11) is 0. The minimum Gasteiger partial charge on any atom is -0.287 e. The lowest BCUT2D eigenvalue weighted by Crippen LogP contribution is -2.10. The van der Waals surface area contributed by atoms with Gasteiger partial charge >= 0.3 is 0 Å². The van der Waals surface area contributed by atoms with Gasteiger partial charge in [-0.1, -0.05) is 87.1 Å². The summed E-state index contributed by atoms with van der Waals surface area (Å²) in [6.07, 6.45) is 1.43. The van der Waals surface area contributed by atoms with Gasteiger partial charge in [-0.15, -0.1) is 0 Å². The minimum atomic E-state index is 0.178. The zero-order chi connectivity index (χ0) is 16.0. The van der Waals surface area contributed by atoms with Crippen molar-refractivity contribution in [1.29, 1.82) is 0 Å². The number of aryl methyl sites for hydroxylation is 1. The van der Waals surface area contributed by atoms with Gasteiger partial charge in [-0.25, -0.2) is 0 Å². The Morgan fingerprint density at radius 3 is 2.14 bits per heavy atom. The Bertz CT molecular complexity index is 594. The van der Waals surface area contributed by atoms with Crippen LogP contribution in [0.25, 0.3) is 0 Å². The second kappa shape index (κ2) is 7.64. The van der Waals surface area contributed by atoms with E-state index in [1.807, 2.05) is 18.2 Å². The van der Waals surface area contributed by atoms with Crippen LogP contribution in [-0.2, 0) is 22.4 Å². The molecule has 0 bridgehead atoms. The molecule has 0 heterocycles. The summed E-state index contributed by atoms with van der Waals surface area (Å²) in [6, 6.07) is 18.8. The highest BCUT2D eigenvalue weighted by Crippen LogP contribution is 2.23. The molecule has 2 heteroatoms. The molecule has 2 rings (SSSR count). The standard InChI is InChI=1S/C20H24OS/c1-20(2,3)18-12-9-17(10-13-18)15-22-19(21)14-11-16-7-5-4-6-8-16/h4-10,12-13H,11,14-15H2,1-3H3. The summed E-state index contributed by atoms with van der Waals surface area (Å²) < 4.78 is 0. The maximum absolute atomic E-state index is 12.0. The van der Waals surface area contributed by atoms with E-state index in [1.54, 1.807) is 0 Å². The van der Waals surface area contributed by atoms with Gasteiger partial charge in [-0.05, 0) is 28.5 Å². The van der Waals surface area contributed by atoms with E-state index in [0.717, 1.165) is 12.2 Å². The third-order valence-electron chi connectivity index (χ3n) is 3.68. The van der Waals surface area contributed by atoms with Crippen molar-refractivity contribution in [2.45, 2.75) is 44.8 Å². The lowest BCUT2D eigenvalue weighted by atomic mass is 9.87. The monoisotopic (exact) mass is 312 g/mol. The largest absolute Gasteiger partial charge is 0.287 e. The molecule has 0 atom stereocenters. The molecule has 0 aliphatic carbocycles. The van der Waals surface area contributed by atoms with Gasteiger partial charge in [0.15, 0.2) is 5.12 Å². The van der Waals surface area contributed by atoms with Gasteiger partial charge in [-0.2, -0.15) is 0 Å².